The highest BCUT2D eigenvalue weighted by Gasteiger charge is 2.35. The number of nitrogens with one attached hydrogen (secondary N) is 2. The monoisotopic (exact) mass is 547 g/mol. The molecular formula is C26H32ClF2N7O2. The number of carbonyl (C=O) groups is 1. The van der Waals surface area contributed by atoms with Gasteiger partial charge >= 0.3 is 0 Å². The summed E-state index contributed by atoms with van der Waals surface area (Å²) in [5, 5.41) is 16.6. The fourth-order valence-electron chi connectivity index (χ4n) is 5.52. The summed E-state index contributed by atoms with van der Waals surface area (Å²) >= 11 is 5.80. The Labute approximate surface area is 224 Å². The predicted octanol–water partition coefficient (Wildman–Crippen LogP) is 5.07. The first-order valence-corrected chi connectivity index (χ1v) is 13.3. The number of hydrogen-bond acceptors (Lipinski definition) is 7. The second kappa shape index (κ2) is 10.3. The highest BCUT2D eigenvalue weighted by Crippen LogP contribution is 2.39. The van der Waals surface area contributed by atoms with Gasteiger partial charge in [-0.1, -0.05) is 25.4 Å². The van der Waals surface area contributed by atoms with Gasteiger partial charge in [0.2, 0.25) is 17.8 Å². The van der Waals surface area contributed by atoms with Crippen molar-refractivity contribution in [1.82, 2.24) is 19.5 Å². The van der Waals surface area contributed by atoms with Gasteiger partial charge in [-0.3, -0.25) is 9.36 Å². The zero-order chi connectivity index (χ0) is 27.2. The van der Waals surface area contributed by atoms with Gasteiger partial charge in [0.25, 0.3) is 0 Å². The Morgan fingerprint density at radius 3 is 2.47 bits per heavy atom. The molecule has 12 heteroatoms. The lowest BCUT2D eigenvalue weighted by molar-refractivity contribution is -0.122. The molecule has 0 spiro atoms. The molecule has 3 aromatic rings. The van der Waals surface area contributed by atoms with Crippen LogP contribution in [-0.4, -0.2) is 42.7 Å². The summed E-state index contributed by atoms with van der Waals surface area (Å²) in [7, 11) is 0. The molecule has 204 valence electrons. The van der Waals surface area contributed by atoms with Crippen LogP contribution in [0.5, 0.6) is 0 Å². The third-order valence-corrected chi connectivity index (χ3v) is 8.24. The quantitative estimate of drug-likeness (QED) is 0.339. The van der Waals surface area contributed by atoms with E-state index in [-0.39, 0.29) is 46.0 Å². The first kappa shape index (κ1) is 26.6. The van der Waals surface area contributed by atoms with Crippen molar-refractivity contribution in [3.63, 3.8) is 0 Å². The van der Waals surface area contributed by atoms with Crippen LogP contribution in [-0.2, 0) is 4.79 Å². The molecule has 2 aliphatic rings. The van der Waals surface area contributed by atoms with Crippen molar-refractivity contribution in [3.8, 4) is 0 Å². The molecule has 2 aromatic heterocycles. The normalized spacial score (nSPS) is 25.3. The van der Waals surface area contributed by atoms with Gasteiger partial charge in [-0.05, 0) is 62.5 Å². The Bertz CT molecular complexity index is 1330. The van der Waals surface area contributed by atoms with E-state index >= 15 is 0 Å². The van der Waals surface area contributed by atoms with Gasteiger partial charge in [-0.2, -0.15) is 4.98 Å². The summed E-state index contributed by atoms with van der Waals surface area (Å²) in [5.41, 5.74) is 5.96. The van der Waals surface area contributed by atoms with Crippen molar-refractivity contribution < 1.29 is 18.7 Å². The molecule has 1 aromatic carbocycles. The number of amides is 1. The molecule has 2 saturated carbocycles. The SMILES string of the molecule is CC1(C)CC[C@@H](Nc2ncc3nc(Nc4c(F)cc(Cl)cc4F)n([C@H]4CC[C@@H](C(N)=O)CC4)c3n2)C[C@H]1O. The highest BCUT2D eigenvalue weighted by molar-refractivity contribution is 6.30. The van der Waals surface area contributed by atoms with E-state index in [1.54, 1.807) is 6.20 Å². The van der Waals surface area contributed by atoms with Crippen molar-refractivity contribution >= 4 is 46.3 Å². The lowest BCUT2D eigenvalue weighted by atomic mass is 9.73. The number of halogens is 3. The molecular weight excluding hydrogens is 516 g/mol. The zero-order valence-corrected chi connectivity index (χ0v) is 22.1. The molecule has 9 nitrogen and oxygen atoms in total. The van der Waals surface area contributed by atoms with Gasteiger partial charge in [0.15, 0.2) is 17.3 Å². The third kappa shape index (κ3) is 5.26. The van der Waals surface area contributed by atoms with Crippen LogP contribution < -0.4 is 16.4 Å². The number of nitrogens with zero attached hydrogens (tertiary/aromatic N) is 4. The molecule has 2 fully saturated rings. The number of aliphatic hydroxyl groups excluding tert-OH is 1. The highest BCUT2D eigenvalue weighted by atomic mass is 35.5. The smallest absolute Gasteiger partial charge is 0.224 e. The third-order valence-electron chi connectivity index (χ3n) is 8.02. The Hall–Kier alpha value is -3.05. The second-order valence-electron chi connectivity index (χ2n) is 11.1. The van der Waals surface area contributed by atoms with Gasteiger partial charge in [0.05, 0.1) is 12.3 Å². The topological polar surface area (TPSA) is 131 Å². The van der Waals surface area contributed by atoms with Crippen LogP contribution in [0.4, 0.5) is 26.4 Å². The van der Waals surface area contributed by atoms with Crippen LogP contribution in [0.2, 0.25) is 5.02 Å². The number of fused-ring (bicyclic) bond motifs is 1. The molecule has 0 saturated heterocycles. The van der Waals surface area contributed by atoms with E-state index < -0.39 is 17.7 Å². The Morgan fingerprint density at radius 2 is 1.84 bits per heavy atom. The van der Waals surface area contributed by atoms with Crippen LogP contribution in [0.3, 0.4) is 0 Å². The van der Waals surface area contributed by atoms with E-state index in [9.17, 15) is 18.7 Å². The van der Waals surface area contributed by atoms with E-state index in [1.807, 2.05) is 4.57 Å². The summed E-state index contributed by atoms with van der Waals surface area (Å²) in [6.45, 7) is 4.12. The fraction of sp³-hybridized carbons (Fsp3) is 0.538. The molecule has 2 atom stereocenters. The molecule has 1 amide bonds. The van der Waals surface area contributed by atoms with Crippen LogP contribution >= 0.6 is 11.6 Å². The number of aliphatic hydroxyl groups is 1. The van der Waals surface area contributed by atoms with Gasteiger partial charge in [-0.15, -0.1) is 0 Å². The summed E-state index contributed by atoms with van der Waals surface area (Å²) in [6, 6.07) is 1.93. The van der Waals surface area contributed by atoms with Crippen LogP contribution in [0.15, 0.2) is 18.3 Å². The number of aromatic nitrogens is 4. The van der Waals surface area contributed by atoms with E-state index in [2.05, 4.69) is 34.4 Å². The zero-order valence-electron chi connectivity index (χ0n) is 21.3. The summed E-state index contributed by atoms with van der Waals surface area (Å²) in [4.78, 5) is 25.4. The number of primary amides is 1. The van der Waals surface area contributed by atoms with Crippen LogP contribution in [0, 0.1) is 23.0 Å². The predicted molar refractivity (Wildman–Crippen MR) is 141 cm³/mol. The molecule has 2 aliphatic carbocycles. The molecule has 0 aliphatic heterocycles. The minimum Gasteiger partial charge on any atom is -0.392 e. The minimum absolute atomic E-state index is 0.00714. The maximum atomic E-state index is 14.6. The number of nitrogens with two attached hydrogens (primary N) is 1. The van der Waals surface area contributed by atoms with Crippen molar-refractivity contribution in [2.45, 2.75) is 77.0 Å². The van der Waals surface area contributed by atoms with E-state index in [0.29, 0.717) is 49.2 Å². The van der Waals surface area contributed by atoms with Gasteiger partial charge in [-0.25, -0.2) is 18.7 Å². The number of imidazole rings is 1. The van der Waals surface area contributed by atoms with Gasteiger partial charge in [0.1, 0.15) is 11.2 Å². The average molecular weight is 548 g/mol. The lowest BCUT2D eigenvalue weighted by Crippen LogP contribution is -2.41. The largest absolute Gasteiger partial charge is 0.392 e. The lowest BCUT2D eigenvalue weighted by Gasteiger charge is -2.39. The number of rotatable bonds is 6. The number of anilines is 3. The van der Waals surface area contributed by atoms with Crippen LogP contribution in [0.25, 0.3) is 11.2 Å². The van der Waals surface area contributed by atoms with Crippen molar-refractivity contribution in [1.29, 1.82) is 0 Å². The first-order valence-electron chi connectivity index (χ1n) is 12.9. The van der Waals surface area contributed by atoms with Gasteiger partial charge < -0.3 is 21.5 Å². The van der Waals surface area contributed by atoms with Crippen molar-refractivity contribution in [3.05, 3.63) is 35.0 Å². The maximum Gasteiger partial charge on any atom is 0.224 e. The molecule has 0 unspecified atom stereocenters. The summed E-state index contributed by atoms with van der Waals surface area (Å²) in [6.07, 6.45) is 5.86. The second-order valence-corrected chi connectivity index (χ2v) is 11.5. The van der Waals surface area contributed by atoms with E-state index in [0.717, 1.165) is 25.0 Å². The Morgan fingerprint density at radius 1 is 1.16 bits per heavy atom. The molecule has 5 N–H and O–H groups in total. The first-order chi connectivity index (χ1) is 18.0. The average Bonchev–Trinajstić information content (AvgIpc) is 3.21. The maximum absolute atomic E-state index is 14.6. The standard InChI is InChI=1S/C26H32ClF2N7O2/c1-26(2)8-7-15(11-20(26)37)32-24-31-12-19-23(35-24)36(16-5-3-13(4-6-16)22(30)38)25(33-19)34-21-17(28)9-14(27)10-18(21)29/h9-10,12-13,15-16,20,37H,3-8,11H2,1-2H3,(H2,30,38)(H,33,34)(H,31,32,35)/t13-,15-,16+,20-/m1/s1. The number of hydrogen-bond donors (Lipinski definition) is 4. The fourth-order valence-corrected chi connectivity index (χ4v) is 5.71. The molecule has 5 rings (SSSR count). The summed E-state index contributed by atoms with van der Waals surface area (Å²) < 4.78 is 31.1. The Kier molecular flexibility index (Phi) is 7.17. The summed E-state index contributed by atoms with van der Waals surface area (Å²) in [5.74, 6) is -1.64. The van der Waals surface area contributed by atoms with Crippen LogP contribution in [0.1, 0.15) is 64.8 Å². The molecule has 0 bridgehead atoms. The van der Waals surface area contributed by atoms with E-state index in [1.165, 1.54) is 0 Å². The minimum atomic E-state index is -0.849. The number of carbonyl (C=O) groups excluding carboxylic acids is 1. The van der Waals surface area contributed by atoms with Gasteiger partial charge in [0, 0.05) is 23.0 Å². The van der Waals surface area contributed by atoms with Crippen molar-refractivity contribution in [2.24, 2.45) is 17.1 Å². The molecule has 2 heterocycles. The Balaban J connectivity index is 1.49. The molecule has 0 radical (unpaired) electrons. The van der Waals surface area contributed by atoms with Crippen molar-refractivity contribution in [2.75, 3.05) is 10.6 Å². The number of benzene rings is 1. The van der Waals surface area contributed by atoms with E-state index in [4.69, 9.17) is 22.3 Å². The molecule has 38 heavy (non-hydrogen) atoms.